The van der Waals surface area contributed by atoms with Crippen LogP contribution in [0.3, 0.4) is 0 Å². The second kappa shape index (κ2) is 6.92. The molecule has 0 amide bonds. The summed E-state index contributed by atoms with van der Waals surface area (Å²) in [6.07, 6.45) is 0.792. The highest BCUT2D eigenvalue weighted by Crippen LogP contribution is 2.22. The number of benzene rings is 1. The van der Waals surface area contributed by atoms with E-state index in [0.717, 1.165) is 0 Å². The van der Waals surface area contributed by atoms with Crippen molar-refractivity contribution in [2.45, 2.75) is 31.1 Å². The number of hydrogen-bond donors (Lipinski definition) is 0. The molecule has 0 saturated carbocycles. The zero-order chi connectivity index (χ0) is 15.3. The van der Waals surface area contributed by atoms with Crippen LogP contribution in [-0.4, -0.2) is 38.7 Å². The molecule has 2 rings (SSSR count). The molecule has 1 aromatic rings. The molecule has 1 aromatic carbocycles. The summed E-state index contributed by atoms with van der Waals surface area (Å²) < 4.78 is 35.2. The predicted octanol–water partition coefficient (Wildman–Crippen LogP) is 1.92. The van der Waals surface area contributed by atoms with E-state index in [9.17, 15) is 8.42 Å². The number of hydrogen-bond acceptors (Lipinski definition) is 5. The lowest BCUT2D eigenvalue weighted by Gasteiger charge is -2.15. The fourth-order valence-electron chi connectivity index (χ4n) is 2.44. The molecule has 1 heterocycles. The van der Waals surface area contributed by atoms with Crippen molar-refractivity contribution in [2.75, 3.05) is 19.0 Å². The number of sulfone groups is 1. The van der Waals surface area contributed by atoms with E-state index in [1.807, 2.05) is 6.07 Å². The molecule has 0 aliphatic carbocycles. The van der Waals surface area contributed by atoms with Gasteiger partial charge in [0.1, 0.15) is 5.75 Å². The van der Waals surface area contributed by atoms with Gasteiger partial charge in [-0.05, 0) is 38.0 Å². The Balaban J connectivity index is 1.80. The number of rotatable bonds is 6. The lowest BCUT2D eigenvalue weighted by molar-refractivity contribution is 0.126. The fraction of sp³-hybridized carbons (Fsp3) is 0.533. The molecule has 0 aromatic heterocycles. The Hall–Kier alpha value is -1.58. The van der Waals surface area contributed by atoms with Crippen LogP contribution in [0.15, 0.2) is 24.3 Å². The van der Waals surface area contributed by atoms with Crippen LogP contribution in [-0.2, 0) is 14.6 Å². The first kappa shape index (κ1) is 15.8. The first-order valence-electron chi connectivity index (χ1n) is 6.99. The average molecular weight is 309 g/mol. The monoisotopic (exact) mass is 309 g/mol. The van der Waals surface area contributed by atoms with Gasteiger partial charge in [0, 0.05) is 6.61 Å². The maximum Gasteiger partial charge on any atom is 0.155 e. The van der Waals surface area contributed by atoms with E-state index in [1.54, 1.807) is 31.2 Å². The van der Waals surface area contributed by atoms with Crippen molar-refractivity contribution < 1.29 is 17.9 Å². The number of nitriles is 1. The van der Waals surface area contributed by atoms with Crippen LogP contribution in [0.5, 0.6) is 5.75 Å². The van der Waals surface area contributed by atoms with Gasteiger partial charge < -0.3 is 9.47 Å². The molecule has 1 aliphatic rings. The van der Waals surface area contributed by atoms with Crippen LogP contribution in [0.4, 0.5) is 0 Å². The molecule has 1 aliphatic heterocycles. The Kier molecular flexibility index (Phi) is 5.21. The summed E-state index contributed by atoms with van der Waals surface area (Å²) in [7, 11) is -3.13. The van der Waals surface area contributed by atoms with Crippen molar-refractivity contribution in [3.05, 3.63) is 29.8 Å². The molecule has 114 valence electrons. The molecule has 0 N–H and O–H groups in total. The lowest BCUT2D eigenvalue weighted by Crippen LogP contribution is -2.30. The first-order valence-corrected chi connectivity index (χ1v) is 8.70. The van der Waals surface area contributed by atoms with Crippen molar-refractivity contribution in [1.29, 1.82) is 5.26 Å². The molecule has 21 heavy (non-hydrogen) atoms. The van der Waals surface area contributed by atoms with Gasteiger partial charge in [0.25, 0.3) is 0 Å². The van der Waals surface area contributed by atoms with E-state index < -0.39 is 9.84 Å². The second-order valence-electron chi connectivity index (χ2n) is 5.11. The minimum atomic E-state index is -3.13. The first-order chi connectivity index (χ1) is 10.0. The largest absolute Gasteiger partial charge is 0.494 e. The zero-order valence-electron chi connectivity index (χ0n) is 12.0. The summed E-state index contributed by atoms with van der Waals surface area (Å²) in [4.78, 5) is 0. The molecule has 2 unspecified atom stereocenters. The van der Waals surface area contributed by atoms with Crippen molar-refractivity contribution in [3.63, 3.8) is 0 Å². The third kappa shape index (κ3) is 4.19. The van der Waals surface area contributed by atoms with Crippen molar-refractivity contribution in [3.8, 4) is 11.8 Å². The third-order valence-electron chi connectivity index (χ3n) is 3.57. The van der Waals surface area contributed by atoms with Gasteiger partial charge in [0.15, 0.2) is 9.84 Å². The standard InChI is InChI=1S/C15H19NO4S/c1-12-15(6-8-19-12)21(17,18)9-3-7-20-14-5-2-4-13(10-14)11-16/h2,4-5,10,12,15H,3,6-9H2,1H3. The van der Waals surface area contributed by atoms with Crippen molar-refractivity contribution in [2.24, 2.45) is 0 Å². The highest BCUT2D eigenvalue weighted by atomic mass is 32.2. The Morgan fingerprint density at radius 2 is 2.29 bits per heavy atom. The topological polar surface area (TPSA) is 76.4 Å². The smallest absolute Gasteiger partial charge is 0.155 e. The quantitative estimate of drug-likeness (QED) is 0.750. The summed E-state index contributed by atoms with van der Waals surface area (Å²) in [6, 6.07) is 8.86. The Bertz CT molecular complexity index is 621. The van der Waals surface area contributed by atoms with E-state index in [2.05, 4.69) is 0 Å². The SMILES string of the molecule is CC1OCCC1S(=O)(=O)CCCOc1cccc(C#N)c1. The number of nitrogens with zero attached hydrogens (tertiary/aromatic N) is 1. The van der Waals surface area contributed by atoms with E-state index in [-0.39, 0.29) is 17.1 Å². The Labute approximate surface area is 125 Å². The minimum absolute atomic E-state index is 0.101. The van der Waals surface area contributed by atoms with Crippen LogP contribution in [0, 0.1) is 11.3 Å². The van der Waals surface area contributed by atoms with Gasteiger partial charge in [0.05, 0.1) is 35.3 Å². The van der Waals surface area contributed by atoms with Gasteiger partial charge in [-0.25, -0.2) is 8.42 Å². The third-order valence-corrected chi connectivity index (χ3v) is 5.97. The molecule has 1 saturated heterocycles. The highest BCUT2D eigenvalue weighted by molar-refractivity contribution is 7.92. The summed E-state index contributed by atoms with van der Waals surface area (Å²) >= 11 is 0. The van der Waals surface area contributed by atoms with Gasteiger partial charge in [-0.1, -0.05) is 6.07 Å². The second-order valence-corrected chi connectivity index (χ2v) is 7.45. The van der Waals surface area contributed by atoms with E-state index >= 15 is 0 Å². The lowest BCUT2D eigenvalue weighted by atomic mass is 10.2. The summed E-state index contributed by atoms with van der Waals surface area (Å²) in [5.74, 6) is 0.688. The maximum atomic E-state index is 12.2. The molecule has 2 atom stereocenters. The molecule has 0 spiro atoms. The van der Waals surface area contributed by atoms with E-state index in [4.69, 9.17) is 14.7 Å². The molecule has 5 nitrogen and oxygen atoms in total. The summed E-state index contributed by atoms with van der Waals surface area (Å²) in [6.45, 7) is 2.64. The molecular weight excluding hydrogens is 290 g/mol. The van der Waals surface area contributed by atoms with Crippen LogP contribution in [0.2, 0.25) is 0 Å². The van der Waals surface area contributed by atoms with Crippen molar-refractivity contribution >= 4 is 9.84 Å². The minimum Gasteiger partial charge on any atom is -0.494 e. The Morgan fingerprint density at radius 1 is 1.48 bits per heavy atom. The van der Waals surface area contributed by atoms with Gasteiger partial charge in [-0.15, -0.1) is 0 Å². The van der Waals surface area contributed by atoms with Crippen LogP contribution in [0.25, 0.3) is 0 Å². The fourth-order valence-corrected chi connectivity index (χ4v) is 4.38. The van der Waals surface area contributed by atoms with E-state index in [1.165, 1.54) is 0 Å². The summed E-state index contributed by atoms with van der Waals surface area (Å²) in [5, 5.41) is 8.40. The van der Waals surface area contributed by atoms with E-state index in [0.29, 0.717) is 37.4 Å². The van der Waals surface area contributed by atoms with Crippen LogP contribution in [0.1, 0.15) is 25.3 Å². The van der Waals surface area contributed by atoms with Gasteiger partial charge in [-0.2, -0.15) is 5.26 Å². The molecule has 0 radical (unpaired) electrons. The molecule has 0 bridgehead atoms. The maximum absolute atomic E-state index is 12.2. The van der Waals surface area contributed by atoms with Crippen molar-refractivity contribution in [1.82, 2.24) is 0 Å². The van der Waals surface area contributed by atoms with Crippen LogP contribution >= 0.6 is 0 Å². The average Bonchev–Trinajstić information content (AvgIpc) is 2.91. The zero-order valence-corrected chi connectivity index (χ0v) is 12.8. The Morgan fingerprint density at radius 3 is 2.95 bits per heavy atom. The molecule has 6 heteroatoms. The molecule has 1 fully saturated rings. The normalized spacial score (nSPS) is 21.9. The predicted molar refractivity (Wildman–Crippen MR) is 78.9 cm³/mol. The van der Waals surface area contributed by atoms with Gasteiger partial charge in [0.2, 0.25) is 0 Å². The summed E-state index contributed by atoms with van der Waals surface area (Å²) in [5.41, 5.74) is 0.525. The van der Waals surface area contributed by atoms with Gasteiger partial charge >= 0.3 is 0 Å². The van der Waals surface area contributed by atoms with Crippen LogP contribution < -0.4 is 4.74 Å². The molecular formula is C15H19NO4S. The number of ether oxygens (including phenoxy) is 2. The van der Waals surface area contributed by atoms with Gasteiger partial charge in [-0.3, -0.25) is 0 Å². The highest BCUT2D eigenvalue weighted by Gasteiger charge is 2.35.